The third-order valence-electron chi connectivity index (χ3n) is 4.68. The summed E-state index contributed by atoms with van der Waals surface area (Å²) in [6, 6.07) is 0. The van der Waals surface area contributed by atoms with Crippen molar-refractivity contribution < 1.29 is 14.4 Å². The average Bonchev–Trinajstić information content (AvgIpc) is 2.52. The fourth-order valence-corrected chi connectivity index (χ4v) is 3.04. The first-order valence-corrected chi connectivity index (χ1v) is 9.37. The quantitative estimate of drug-likeness (QED) is 0.375. The van der Waals surface area contributed by atoms with E-state index in [0.29, 0.717) is 6.42 Å². The van der Waals surface area contributed by atoms with Crippen molar-refractivity contribution in [3.8, 4) is 0 Å². The molecule has 0 aliphatic heterocycles. The topological polar surface area (TPSA) is 51.2 Å². The van der Waals surface area contributed by atoms with Crippen LogP contribution >= 0.6 is 0 Å². The zero-order chi connectivity index (χ0) is 17.5. The second kappa shape index (κ2) is 14.6. The fourth-order valence-electron chi connectivity index (χ4n) is 3.04. The molecule has 0 rings (SSSR count). The Balaban J connectivity index is 3.78. The van der Waals surface area contributed by atoms with Gasteiger partial charge >= 0.3 is 0 Å². The molecule has 0 aromatic rings. The highest BCUT2D eigenvalue weighted by Crippen LogP contribution is 2.21. The van der Waals surface area contributed by atoms with Crippen LogP contribution in [0.4, 0.5) is 0 Å². The van der Waals surface area contributed by atoms with E-state index in [0.717, 1.165) is 62.8 Å². The number of hydrogen-bond acceptors (Lipinski definition) is 3. The van der Waals surface area contributed by atoms with Gasteiger partial charge in [-0.2, -0.15) is 0 Å². The van der Waals surface area contributed by atoms with Crippen LogP contribution in [0.2, 0.25) is 0 Å². The summed E-state index contributed by atoms with van der Waals surface area (Å²) in [6.07, 6.45) is 12.6. The van der Waals surface area contributed by atoms with E-state index in [1.54, 1.807) is 0 Å². The van der Waals surface area contributed by atoms with Gasteiger partial charge < -0.3 is 14.4 Å². The highest BCUT2D eigenvalue weighted by molar-refractivity contribution is 5.61. The molecule has 3 heteroatoms. The van der Waals surface area contributed by atoms with E-state index in [4.69, 9.17) is 0 Å². The van der Waals surface area contributed by atoms with Gasteiger partial charge in [-0.3, -0.25) is 0 Å². The van der Waals surface area contributed by atoms with Crippen molar-refractivity contribution in [2.75, 3.05) is 0 Å². The van der Waals surface area contributed by atoms with Crippen LogP contribution in [0.3, 0.4) is 0 Å². The van der Waals surface area contributed by atoms with E-state index in [9.17, 15) is 14.4 Å². The van der Waals surface area contributed by atoms with E-state index in [1.807, 2.05) is 0 Å². The first-order valence-electron chi connectivity index (χ1n) is 9.37. The molecule has 0 saturated carbocycles. The number of hydrogen-bond donors (Lipinski definition) is 0. The molecule has 3 nitrogen and oxygen atoms in total. The van der Waals surface area contributed by atoms with E-state index >= 15 is 0 Å². The van der Waals surface area contributed by atoms with Crippen LogP contribution in [-0.2, 0) is 14.4 Å². The Labute approximate surface area is 142 Å². The average molecular weight is 325 g/mol. The van der Waals surface area contributed by atoms with Crippen molar-refractivity contribution in [1.29, 1.82) is 0 Å². The van der Waals surface area contributed by atoms with Gasteiger partial charge in [-0.25, -0.2) is 0 Å². The molecule has 0 N–H and O–H groups in total. The molecular weight excluding hydrogens is 288 g/mol. The Morgan fingerprint density at radius 3 is 1.61 bits per heavy atom. The van der Waals surface area contributed by atoms with Crippen molar-refractivity contribution >= 4 is 18.9 Å². The van der Waals surface area contributed by atoms with Crippen molar-refractivity contribution in [2.24, 2.45) is 23.7 Å². The minimum atomic E-state index is -0.166. The van der Waals surface area contributed by atoms with Crippen LogP contribution in [0.15, 0.2) is 0 Å². The van der Waals surface area contributed by atoms with Crippen LogP contribution in [0.25, 0.3) is 0 Å². The lowest BCUT2D eigenvalue weighted by atomic mass is 9.90. The molecule has 0 spiro atoms. The second-order valence-electron chi connectivity index (χ2n) is 7.49. The van der Waals surface area contributed by atoms with Crippen LogP contribution < -0.4 is 0 Å². The Hall–Kier alpha value is -0.990. The zero-order valence-electron chi connectivity index (χ0n) is 15.3. The SMILES string of the molecule is CC(C)CCCC(C)CCCC(C=O)CCCC(C=O)CC=O. The van der Waals surface area contributed by atoms with Crippen molar-refractivity contribution in [1.82, 2.24) is 0 Å². The summed E-state index contributed by atoms with van der Waals surface area (Å²) in [5.74, 6) is 1.48. The Morgan fingerprint density at radius 2 is 1.13 bits per heavy atom. The van der Waals surface area contributed by atoms with E-state index in [-0.39, 0.29) is 11.8 Å². The van der Waals surface area contributed by atoms with Gasteiger partial charge in [0.2, 0.25) is 0 Å². The highest BCUT2D eigenvalue weighted by Gasteiger charge is 2.12. The van der Waals surface area contributed by atoms with Crippen molar-refractivity contribution in [3.63, 3.8) is 0 Å². The van der Waals surface area contributed by atoms with Gasteiger partial charge in [0.25, 0.3) is 0 Å². The summed E-state index contributed by atoms with van der Waals surface area (Å²) >= 11 is 0. The molecule has 3 atom stereocenters. The molecule has 0 aliphatic carbocycles. The van der Waals surface area contributed by atoms with Crippen LogP contribution in [0.1, 0.15) is 85.0 Å². The summed E-state index contributed by atoms with van der Waals surface area (Å²) in [5.41, 5.74) is 0. The Kier molecular flexibility index (Phi) is 14.0. The van der Waals surface area contributed by atoms with Gasteiger partial charge in [0.1, 0.15) is 18.9 Å². The second-order valence-corrected chi connectivity index (χ2v) is 7.49. The highest BCUT2D eigenvalue weighted by atomic mass is 16.1. The number of aldehydes is 3. The molecule has 0 radical (unpaired) electrons. The Morgan fingerprint density at radius 1 is 0.652 bits per heavy atom. The van der Waals surface area contributed by atoms with E-state index in [2.05, 4.69) is 20.8 Å². The van der Waals surface area contributed by atoms with Crippen molar-refractivity contribution in [3.05, 3.63) is 0 Å². The van der Waals surface area contributed by atoms with E-state index < -0.39 is 0 Å². The van der Waals surface area contributed by atoms with Gasteiger partial charge in [0.05, 0.1) is 0 Å². The van der Waals surface area contributed by atoms with Crippen molar-refractivity contribution in [2.45, 2.75) is 85.0 Å². The summed E-state index contributed by atoms with van der Waals surface area (Å²) in [6.45, 7) is 6.84. The normalized spacial score (nSPS) is 15.1. The van der Waals surface area contributed by atoms with Gasteiger partial charge in [0.15, 0.2) is 0 Å². The maximum atomic E-state index is 11.2. The lowest BCUT2D eigenvalue weighted by Crippen LogP contribution is -2.07. The first-order chi connectivity index (χ1) is 11.0. The maximum absolute atomic E-state index is 11.2. The maximum Gasteiger partial charge on any atom is 0.123 e. The molecule has 0 aromatic heterocycles. The molecule has 3 unspecified atom stereocenters. The largest absolute Gasteiger partial charge is 0.303 e. The Bertz CT molecular complexity index is 312. The van der Waals surface area contributed by atoms with Gasteiger partial charge in [-0.15, -0.1) is 0 Å². The minimum absolute atomic E-state index is 0.112. The third-order valence-corrected chi connectivity index (χ3v) is 4.68. The first kappa shape index (κ1) is 22.0. The van der Waals surface area contributed by atoms with Crippen LogP contribution in [0, 0.1) is 23.7 Å². The molecule has 0 heterocycles. The number of carbonyl (C=O) groups excluding carboxylic acids is 3. The molecule has 23 heavy (non-hydrogen) atoms. The summed E-state index contributed by atoms with van der Waals surface area (Å²) in [4.78, 5) is 32.4. The fraction of sp³-hybridized carbons (Fsp3) is 0.850. The minimum Gasteiger partial charge on any atom is -0.303 e. The predicted octanol–water partition coefficient (Wildman–Crippen LogP) is 5.01. The summed E-state index contributed by atoms with van der Waals surface area (Å²) in [5, 5.41) is 0. The molecule has 0 aliphatic rings. The molecule has 0 saturated heterocycles. The molecule has 0 amide bonds. The monoisotopic (exact) mass is 324 g/mol. The van der Waals surface area contributed by atoms with Crippen LogP contribution in [-0.4, -0.2) is 18.9 Å². The molecule has 134 valence electrons. The number of rotatable bonds is 16. The van der Waals surface area contributed by atoms with Crippen LogP contribution in [0.5, 0.6) is 0 Å². The van der Waals surface area contributed by atoms with Gasteiger partial charge in [-0.1, -0.05) is 59.3 Å². The van der Waals surface area contributed by atoms with Gasteiger partial charge in [-0.05, 0) is 31.1 Å². The lowest BCUT2D eigenvalue weighted by molar-refractivity contribution is -0.115. The standard InChI is InChI=1S/C20H36O3/c1-17(2)7-4-8-18(3)9-5-10-19(15-22)11-6-12-20(16-23)13-14-21/h14-20H,4-13H2,1-3H3. The van der Waals surface area contributed by atoms with E-state index in [1.165, 1.54) is 25.7 Å². The predicted molar refractivity (Wildman–Crippen MR) is 95.3 cm³/mol. The molecular formula is C20H36O3. The summed E-state index contributed by atoms with van der Waals surface area (Å²) in [7, 11) is 0. The molecule has 0 bridgehead atoms. The molecule has 0 aromatic carbocycles. The lowest BCUT2D eigenvalue weighted by Gasteiger charge is -2.15. The smallest absolute Gasteiger partial charge is 0.123 e. The zero-order valence-corrected chi connectivity index (χ0v) is 15.3. The third kappa shape index (κ3) is 13.2. The summed E-state index contributed by atoms with van der Waals surface area (Å²) < 4.78 is 0. The molecule has 0 fully saturated rings. The van der Waals surface area contributed by atoms with Gasteiger partial charge in [0, 0.05) is 18.3 Å². The number of carbonyl (C=O) groups is 3.